The second kappa shape index (κ2) is 6.62. The lowest BCUT2D eigenvalue weighted by atomic mass is 9.84. The van der Waals surface area contributed by atoms with E-state index in [1.54, 1.807) is 20.4 Å². The lowest BCUT2D eigenvalue weighted by Crippen LogP contribution is -2.56. The molecule has 1 unspecified atom stereocenters. The predicted molar refractivity (Wildman–Crippen MR) is 83.9 cm³/mol. The van der Waals surface area contributed by atoms with Gasteiger partial charge in [0.1, 0.15) is 5.69 Å². The average Bonchev–Trinajstić information content (AvgIpc) is 2.46. The number of ether oxygens (including phenoxy) is 2. The number of piperazine rings is 1. The van der Waals surface area contributed by atoms with E-state index in [1.807, 2.05) is 6.07 Å². The number of aromatic nitrogens is 1. The van der Waals surface area contributed by atoms with Crippen molar-refractivity contribution in [3.05, 3.63) is 18.0 Å². The molecule has 0 bridgehead atoms. The van der Waals surface area contributed by atoms with Crippen LogP contribution in [0.15, 0.2) is 12.3 Å². The van der Waals surface area contributed by atoms with Gasteiger partial charge in [-0.05, 0) is 5.41 Å². The van der Waals surface area contributed by atoms with E-state index in [-0.39, 0.29) is 5.41 Å². The van der Waals surface area contributed by atoms with E-state index < -0.39 is 0 Å². The largest absolute Gasteiger partial charge is 0.493 e. The quantitative estimate of drug-likeness (QED) is 0.919. The second-order valence-corrected chi connectivity index (χ2v) is 6.55. The lowest BCUT2D eigenvalue weighted by Gasteiger charge is -2.43. The highest BCUT2D eigenvalue weighted by Crippen LogP contribution is 2.32. The molecule has 1 aliphatic rings. The number of nitrogens with zero attached hydrogens (tertiary/aromatic N) is 2. The van der Waals surface area contributed by atoms with E-state index in [9.17, 15) is 0 Å². The summed E-state index contributed by atoms with van der Waals surface area (Å²) in [5.41, 5.74) is 1.16. The van der Waals surface area contributed by atoms with Gasteiger partial charge in [-0.15, -0.1) is 0 Å². The van der Waals surface area contributed by atoms with Gasteiger partial charge in [0.15, 0.2) is 11.5 Å². The van der Waals surface area contributed by atoms with Crippen LogP contribution in [-0.2, 0) is 6.54 Å². The zero-order chi connectivity index (χ0) is 15.5. The molecule has 0 radical (unpaired) electrons. The summed E-state index contributed by atoms with van der Waals surface area (Å²) in [4.78, 5) is 6.99. The Balaban J connectivity index is 2.23. The smallest absolute Gasteiger partial charge is 0.183 e. The van der Waals surface area contributed by atoms with Crippen molar-refractivity contribution in [2.75, 3.05) is 33.9 Å². The zero-order valence-electron chi connectivity index (χ0n) is 13.8. The first-order chi connectivity index (χ1) is 9.97. The van der Waals surface area contributed by atoms with Gasteiger partial charge in [0, 0.05) is 44.5 Å². The Hall–Kier alpha value is -1.33. The molecular weight excluding hydrogens is 266 g/mol. The molecule has 1 N–H and O–H groups in total. The highest BCUT2D eigenvalue weighted by molar-refractivity contribution is 5.42. The predicted octanol–water partition coefficient (Wildman–Crippen LogP) is 1.92. The molecule has 1 aromatic rings. The van der Waals surface area contributed by atoms with Gasteiger partial charge in [-0.2, -0.15) is 0 Å². The molecule has 0 spiro atoms. The fraction of sp³-hybridized carbons (Fsp3) is 0.688. The summed E-state index contributed by atoms with van der Waals surface area (Å²) in [7, 11) is 3.33. The van der Waals surface area contributed by atoms with Crippen molar-refractivity contribution in [1.82, 2.24) is 15.2 Å². The fourth-order valence-electron chi connectivity index (χ4n) is 2.95. The number of rotatable bonds is 4. The normalized spacial score (nSPS) is 20.3. The Bertz CT molecular complexity index is 471. The Labute approximate surface area is 127 Å². The number of hydrogen-bond acceptors (Lipinski definition) is 5. The molecule has 1 aliphatic heterocycles. The molecule has 0 amide bonds. The van der Waals surface area contributed by atoms with Crippen LogP contribution in [-0.4, -0.2) is 49.8 Å². The Kier molecular flexibility index (Phi) is 5.06. The van der Waals surface area contributed by atoms with Crippen LogP contribution in [0.2, 0.25) is 0 Å². The SMILES string of the molecule is COc1ccnc(CN2CCNCC2C(C)(C)C)c1OC. The van der Waals surface area contributed by atoms with E-state index in [0.29, 0.717) is 6.04 Å². The highest BCUT2D eigenvalue weighted by atomic mass is 16.5. The molecule has 1 atom stereocenters. The van der Waals surface area contributed by atoms with Crippen molar-refractivity contribution < 1.29 is 9.47 Å². The topological polar surface area (TPSA) is 46.6 Å². The number of hydrogen-bond donors (Lipinski definition) is 1. The summed E-state index contributed by atoms with van der Waals surface area (Å²) in [5.74, 6) is 1.48. The Morgan fingerprint density at radius 1 is 1.33 bits per heavy atom. The summed E-state index contributed by atoms with van der Waals surface area (Å²) < 4.78 is 10.9. The maximum absolute atomic E-state index is 5.50. The first kappa shape index (κ1) is 16.0. The van der Waals surface area contributed by atoms with Crippen LogP contribution in [0, 0.1) is 5.41 Å². The summed E-state index contributed by atoms with van der Waals surface area (Å²) >= 11 is 0. The lowest BCUT2D eigenvalue weighted by molar-refractivity contribution is 0.0670. The summed E-state index contributed by atoms with van der Waals surface area (Å²) in [6, 6.07) is 2.31. The molecule has 118 valence electrons. The van der Waals surface area contributed by atoms with Crippen LogP contribution in [0.5, 0.6) is 11.5 Å². The third kappa shape index (κ3) is 3.66. The van der Waals surface area contributed by atoms with Crippen molar-refractivity contribution in [2.45, 2.75) is 33.4 Å². The molecule has 0 aromatic carbocycles. The average molecular weight is 293 g/mol. The highest BCUT2D eigenvalue weighted by Gasteiger charge is 2.33. The minimum absolute atomic E-state index is 0.222. The first-order valence-corrected chi connectivity index (χ1v) is 7.48. The van der Waals surface area contributed by atoms with Gasteiger partial charge < -0.3 is 14.8 Å². The van der Waals surface area contributed by atoms with Crippen LogP contribution in [0.25, 0.3) is 0 Å². The van der Waals surface area contributed by atoms with E-state index in [2.05, 4.69) is 36.0 Å². The van der Waals surface area contributed by atoms with Gasteiger partial charge in [-0.25, -0.2) is 0 Å². The van der Waals surface area contributed by atoms with Crippen molar-refractivity contribution in [2.24, 2.45) is 5.41 Å². The van der Waals surface area contributed by atoms with Crippen molar-refractivity contribution in [3.8, 4) is 11.5 Å². The second-order valence-electron chi connectivity index (χ2n) is 6.55. The van der Waals surface area contributed by atoms with Gasteiger partial charge in [0.2, 0.25) is 0 Å². The van der Waals surface area contributed by atoms with E-state index in [4.69, 9.17) is 9.47 Å². The van der Waals surface area contributed by atoms with Crippen molar-refractivity contribution in [1.29, 1.82) is 0 Å². The Morgan fingerprint density at radius 3 is 2.71 bits per heavy atom. The third-order valence-electron chi connectivity index (χ3n) is 4.07. The van der Waals surface area contributed by atoms with Gasteiger partial charge in [-0.1, -0.05) is 20.8 Å². The maximum atomic E-state index is 5.50. The number of pyridine rings is 1. The Morgan fingerprint density at radius 2 is 2.10 bits per heavy atom. The van der Waals surface area contributed by atoms with Crippen LogP contribution >= 0.6 is 0 Å². The van der Waals surface area contributed by atoms with Gasteiger partial charge in [-0.3, -0.25) is 9.88 Å². The molecule has 2 rings (SSSR count). The third-order valence-corrected chi connectivity index (χ3v) is 4.07. The fourth-order valence-corrected chi connectivity index (χ4v) is 2.95. The standard InChI is InChI=1S/C16H27N3O2/c1-16(2,3)14-10-17-8-9-19(14)11-12-15(21-5)13(20-4)6-7-18-12/h6-7,14,17H,8-11H2,1-5H3. The molecule has 21 heavy (non-hydrogen) atoms. The van der Waals surface area contributed by atoms with Gasteiger partial charge >= 0.3 is 0 Å². The van der Waals surface area contributed by atoms with Gasteiger partial charge in [0.25, 0.3) is 0 Å². The molecule has 0 aliphatic carbocycles. The van der Waals surface area contributed by atoms with Crippen molar-refractivity contribution in [3.63, 3.8) is 0 Å². The zero-order valence-corrected chi connectivity index (χ0v) is 13.8. The van der Waals surface area contributed by atoms with Crippen LogP contribution < -0.4 is 14.8 Å². The molecule has 1 saturated heterocycles. The molecule has 1 fully saturated rings. The summed E-state index contributed by atoms with van der Waals surface area (Å²) in [6.07, 6.45) is 1.78. The van der Waals surface area contributed by atoms with Crippen LogP contribution in [0.1, 0.15) is 26.5 Å². The monoisotopic (exact) mass is 293 g/mol. The maximum Gasteiger partial charge on any atom is 0.183 e. The van der Waals surface area contributed by atoms with E-state index in [1.165, 1.54) is 0 Å². The molecule has 5 nitrogen and oxygen atoms in total. The van der Waals surface area contributed by atoms with Crippen LogP contribution in [0.3, 0.4) is 0 Å². The van der Waals surface area contributed by atoms with E-state index >= 15 is 0 Å². The minimum Gasteiger partial charge on any atom is -0.493 e. The minimum atomic E-state index is 0.222. The molecule has 2 heterocycles. The van der Waals surface area contributed by atoms with Crippen LogP contribution in [0.4, 0.5) is 0 Å². The molecule has 5 heteroatoms. The molecule has 1 aromatic heterocycles. The molecule has 0 saturated carbocycles. The van der Waals surface area contributed by atoms with E-state index in [0.717, 1.165) is 43.4 Å². The first-order valence-electron chi connectivity index (χ1n) is 7.48. The van der Waals surface area contributed by atoms with Crippen molar-refractivity contribution >= 4 is 0 Å². The molecular formula is C16H27N3O2. The number of nitrogens with one attached hydrogen (secondary N) is 1. The summed E-state index contributed by atoms with van der Waals surface area (Å²) in [6.45, 7) is 10.7. The summed E-state index contributed by atoms with van der Waals surface area (Å²) in [5, 5.41) is 3.49. The van der Waals surface area contributed by atoms with Gasteiger partial charge in [0.05, 0.1) is 14.2 Å². The number of methoxy groups -OCH3 is 2.